The van der Waals surface area contributed by atoms with Crippen LogP contribution in [0.4, 0.5) is 0 Å². The third-order valence-electron chi connectivity index (χ3n) is 4.30. The van der Waals surface area contributed by atoms with Gasteiger partial charge in [-0.1, -0.05) is 11.6 Å². The highest BCUT2D eigenvalue weighted by Gasteiger charge is 2.41. The maximum atomic E-state index is 12.6. The summed E-state index contributed by atoms with van der Waals surface area (Å²) in [6, 6.07) is 3.50. The van der Waals surface area contributed by atoms with Gasteiger partial charge in [0.25, 0.3) is 0 Å². The quantitative estimate of drug-likeness (QED) is 0.793. The van der Waals surface area contributed by atoms with Crippen molar-refractivity contribution in [3.05, 3.63) is 28.3 Å². The summed E-state index contributed by atoms with van der Waals surface area (Å²) < 4.78 is 5.28. The fourth-order valence-electron chi connectivity index (χ4n) is 3.30. The van der Waals surface area contributed by atoms with Gasteiger partial charge in [-0.25, -0.2) is 0 Å². The Kier molecular flexibility index (Phi) is 3.09. The number of rotatable bonds is 1. The number of halogens is 1. The van der Waals surface area contributed by atoms with Gasteiger partial charge in [0.1, 0.15) is 11.5 Å². The largest absolute Gasteiger partial charge is 0.496 e. The smallest absolute Gasteiger partial charge is 0.170 e. The highest BCUT2D eigenvalue weighted by Crippen LogP contribution is 2.43. The lowest BCUT2D eigenvalue weighted by atomic mass is 9.67. The molecule has 0 N–H and O–H groups in total. The third kappa shape index (κ3) is 1.96. The van der Waals surface area contributed by atoms with Crippen LogP contribution in [0.25, 0.3) is 0 Å². The molecule has 0 heterocycles. The number of carbonyl (C=O) groups excluding carboxylic acids is 2. The van der Waals surface area contributed by atoms with Crippen molar-refractivity contribution in [2.75, 3.05) is 7.11 Å². The lowest BCUT2D eigenvalue weighted by Gasteiger charge is -2.35. The number of carbonyl (C=O) groups is 2. The molecule has 1 saturated carbocycles. The Morgan fingerprint density at radius 2 is 2.05 bits per heavy atom. The van der Waals surface area contributed by atoms with Gasteiger partial charge in [-0.05, 0) is 36.5 Å². The molecule has 1 aromatic carbocycles. The van der Waals surface area contributed by atoms with Crippen molar-refractivity contribution in [2.24, 2.45) is 11.8 Å². The van der Waals surface area contributed by atoms with Crippen LogP contribution in [0.3, 0.4) is 0 Å². The van der Waals surface area contributed by atoms with Crippen molar-refractivity contribution in [2.45, 2.75) is 25.7 Å². The van der Waals surface area contributed by atoms with E-state index in [1.165, 1.54) is 0 Å². The Morgan fingerprint density at radius 3 is 2.79 bits per heavy atom. The molecule has 0 aromatic heterocycles. The second-order valence-electron chi connectivity index (χ2n) is 5.32. The first-order valence-corrected chi connectivity index (χ1v) is 6.91. The summed E-state index contributed by atoms with van der Waals surface area (Å²) in [4.78, 5) is 24.2. The number of fused-ring (bicyclic) bond motifs is 2. The summed E-state index contributed by atoms with van der Waals surface area (Å²) in [5, 5.41) is 0.625. The number of benzene rings is 1. The molecule has 1 aromatic rings. The maximum absolute atomic E-state index is 12.6. The van der Waals surface area contributed by atoms with Gasteiger partial charge in [0.2, 0.25) is 0 Å². The zero-order valence-corrected chi connectivity index (χ0v) is 11.5. The minimum absolute atomic E-state index is 0.0265. The number of ketones is 2. The van der Waals surface area contributed by atoms with Gasteiger partial charge in [-0.2, -0.15) is 0 Å². The molecule has 100 valence electrons. The molecule has 2 aliphatic carbocycles. The van der Waals surface area contributed by atoms with E-state index in [1.807, 2.05) is 0 Å². The second-order valence-corrected chi connectivity index (χ2v) is 5.73. The molecular formula is C15H15ClO3. The van der Waals surface area contributed by atoms with Crippen molar-refractivity contribution >= 4 is 23.2 Å². The molecule has 2 unspecified atom stereocenters. The van der Waals surface area contributed by atoms with E-state index in [9.17, 15) is 9.59 Å². The van der Waals surface area contributed by atoms with Crippen molar-refractivity contribution in [1.82, 2.24) is 0 Å². The second kappa shape index (κ2) is 4.64. The van der Waals surface area contributed by atoms with Gasteiger partial charge in [0.15, 0.2) is 5.78 Å². The van der Waals surface area contributed by atoms with Crippen molar-refractivity contribution < 1.29 is 14.3 Å². The van der Waals surface area contributed by atoms with E-state index >= 15 is 0 Å². The first kappa shape index (κ1) is 12.7. The topological polar surface area (TPSA) is 43.4 Å². The fourth-order valence-corrected chi connectivity index (χ4v) is 3.54. The predicted octanol–water partition coefficient (Wildman–Crippen LogP) is 3.07. The number of methoxy groups -OCH3 is 1. The van der Waals surface area contributed by atoms with Gasteiger partial charge in [0, 0.05) is 23.8 Å². The Labute approximate surface area is 116 Å². The minimum atomic E-state index is -0.180. The van der Waals surface area contributed by atoms with Crippen LogP contribution >= 0.6 is 11.6 Å². The molecule has 19 heavy (non-hydrogen) atoms. The average Bonchev–Trinajstić information content (AvgIpc) is 2.41. The van der Waals surface area contributed by atoms with Gasteiger partial charge < -0.3 is 4.74 Å². The van der Waals surface area contributed by atoms with E-state index in [4.69, 9.17) is 16.3 Å². The highest BCUT2D eigenvalue weighted by atomic mass is 35.5. The number of ether oxygens (including phenoxy) is 1. The van der Waals surface area contributed by atoms with Gasteiger partial charge >= 0.3 is 0 Å². The van der Waals surface area contributed by atoms with E-state index in [2.05, 4.69) is 0 Å². The SMILES string of the molecule is COc1ccc(Cl)c2c1C(=O)C1CC(=O)CCC1C2. The van der Waals surface area contributed by atoms with Crippen molar-refractivity contribution in [1.29, 1.82) is 0 Å². The first-order chi connectivity index (χ1) is 9.11. The number of hydrogen-bond acceptors (Lipinski definition) is 3. The molecule has 3 nitrogen and oxygen atoms in total. The first-order valence-electron chi connectivity index (χ1n) is 6.53. The Hall–Kier alpha value is -1.35. The van der Waals surface area contributed by atoms with Crippen molar-refractivity contribution in [3.8, 4) is 5.75 Å². The molecular weight excluding hydrogens is 264 g/mol. The number of hydrogen-bond donors (Lipinski definition) is 0. The Balaban J connectivity index is 2.10. The average molecular weight is 279 g/mol. The van der Waals surface area contributed by atoms with Crippen LogP contribution in [-0.4, -0.2) is 18.7 Å². The molecule has 2 atom stereocenters. The molecule has 0 amide bonds. The lowest BCUT2D eigenvalue weighted by molar-refractivity contribution is -0.122. The summed E-state index contributed by atoms with van der Waals surface area (Å²) in [7, 11) is 1.55. The molecule has 0 bridgehead atoms. The minimum Gasteiger partial charge on any atom is -0.496 e. The van der Waals surface area contributed by atoms with Gasteiger partial charge in [-0.15, -0.1) is 0 Å². The van der Waals surface area contributed by atoms with E-state index < -0.39 is 0 Å². The predicted molar refractivity (Wildman–Crippen MR) is 71.9 cm³/mol. The normalized spacial score (nSPS) is 25.8. The van der Waals surface area contributed by atoms with Crippen LogP contribution in [0.5, 0.6) is 5.75 Å². The summed E-state index contributed by atoms with van der Waals surface area (Å²) in [6.45, 7) is 0. The van der Waals surface area contributed by atoms with Gasteiger partial charge in [-0.3, -0.25) is 9.59 Å². The van der Waals surface area contributed by atoms with Crippen LogP contribution in [0.1, 0.15) is 35.2 Å². The standard InChI is InChI=1S/C15H15ClO3/c1-19-13-5-4-12(16)11-6-8-2-3-9(17)7-10(8)15(18)14(11)13/h4-5,8,10H,2-3,6-7H2,1H3. The van der Waals surface area contributed by atoms with Crippen LogP contribution in [0.15, 0.2) is 12.1 Å². The zero-order valence-electron chi connectivity index (χ0n) is 10.7. The molecule has 2 aliphatic rings. The van der Waals surface area contributed by atoms with Crippen LogP contribution in [0.2, 0.25) is 5.02 Å². The molecule has 3 rings (SSSR count). The molecule has 0 radical (unpaired) electrons. The monoisotopic (exact) mass is 278 g/mol. The third-order valence-corrected chi connectivity index (χ3v) is 4.65. The van der Waals surface area contributed by atoms with E-state index in [0.717, 1.165) is 18.4 Å². The Morgan fingerprint density at radius 1 is 1.26 bits per heavy atom. The van der Waals surface area contributed by atoms with Gasteiger partial charge in [0.05, 0.1) is 12.7 Å². The molecule has 0 aliphatic heterocycles. The summed E-state index contributed by atoms with van der Waals surface area (Å²) in [6.07, 6.45) is 2.53. The van der Waals surface area contributed by atoms with Crippen LogP contribution in [-0.2, 0) is 11.2 Å². The van der Waals surface area contributed by atoms with E-state index in [0.29, 0.717) is 29.2 Å². The molecule has 4 heteroatoms. The highest BCUT2D eigenvalue weighted by molar-refractivity contribution is 6.32. The molecule has 0 saturated heterocycles. The van der Waals surface area contributed by atoms with Crippen LogP contribution < -0.4 is 4.74 Å². The summed E-state index contributed by atoms with van der Waals surface area (Å²) >= 11 is 6.22. The molecule has 1 fully saturated rings. The zero-order chi connectivity index (χ0) is 13.6. The lowest BCUT2D eigenvalue weighted by Crippen LogP contribution is -2.37. The molecule has 0 spiro atoms. The fraction of sp³-hybridized carbons (Fsp3) is 0.467. The maximum Gasteiger partial charge on any atom is 0.170 e. The Bertz CT molecular complexity index is 565. The van der Waals surface area contributed by atoms with Crippen LogP contribution in [0, 0.1) is 11.8 Å². The van der Waals surface area contributed by atoms with E-state index in [1.54, 1.807) is 19.2 Å². The number of Topliss-reactive ketones (excluding diaryl/α,β-unsaturated/α-hetero) is 2. The summed E-state index contributed by atoms with van der Waals surface area (Å²) in [5.74, 6) is 0.863. The van der Waals surface area contributed by atoms with E-state index in [-0.39, 0.29) is 23.4 Å². The summed E-state index contributed by atoms with van der Waals surface area (Å²) in [5.41, 5.74) is 1.48. The van der Waals surface area contributed by atoms with Crippen molar-refractivity contribution in [3.63, 3.8) is 0 Å².